The van der Waals surface area contributed by atoms with Crippen LogP contribution in [0.3, 0.4) is 0 Å². The number of hydrogen-bond acceptors (Lipinski definition) is 6. The van der Waals surface area contributed by atoms with Gasteiger partial charge in [-0.2, -0.15) is 0 Å². The van der Waals surface area contributed by atoms with Crippen molar-refractivity contribution in [3.8, 4) is 5.75 Å². The summed E-state index contributed by atoms with van der Waals surface area (Å²) >= 11 is 0. The Morgan fingerprint density at radius 1 is 1.33 bits per heavy atom. The molecule has 0 spiro atoms. The fourth-order valence-corrected chi connectivity index (χ4v) is 1.68. The predicted octanol–water partition coefficient (Wildman–Crippen LogP) is 1.80. The smallest absolute Gasteiger partial charge is 0.321 e. The van der Waals surface area contributed by atoms with Gasteiger partial charge in [0.05, 0.1) is 4.92 Å². The average molecular weight is 337 g/mol. The zero-order valence-electron chi connectivity index (χ0n) is 13.8. The van der Waals surface area contributed by atoms with Crippen molar-refractivity contribution in [3.05, 3.63) is 33.9 Å². The standard InChI is InChI=1S/C15H19N3O6/c1-9(13(20)16-14(21)17-15(2,3)4)24-12-6-5-10(8-19)7-11(12)18(22)23/h5-9H,1-4H3,(H2,16,17,20,21)/t9-/m0/s1. The number of carbonyl (C=O) groups is 3. The summed E-state index contributed by atoms with van der Waals surface area (Å²) in [6, 6.07) is 2.89. The van der Waals surface area contributed by atoms with E-state index in [1.54, 1.807) is 20.8 Å². The molecule has 1 atom stereocenters. The molecule has 3 amide bonds. The van der Waals surface area contributed by atoms with Crippen molar-refractivity contribution < 1.29 is 24.0 Å². The van der Waals surface area contributed by atoms with Gasteiger partial charge in [0.15, 0.2) is 11.9 Å². The Morgan fingerprint density at radius 3 is 2.46 bits per heavy atom. The number of ether oxygens (including phenoxy) is 1. The minimum absolute atomic E-state index is 0.107. The molecule has 0 aliphatic heterocycles. The summed E-state index contributed by atoms with van der Waals surface area (Å²) in [6.45, 7) is 6.58. The maximum Gasteiger partial charge on any atom is 0.321 e. The molecule has 0 saturated heterocycles. The first-order valence-corrected chi connectivity index (χ1v) is 7.07. The van der Waals surface area contributed by atoms with Gasteiger partial charge in [-0.15, -0.1) is 0 Å². The molecule has 130 valence electrons. The van der Waals surface area contributed by atoms with Crippen LogP contribution in [0.25, 0.3) is 0 Å². The number of nitrogens with one attached hydrogen (secondary N) is 2. The normalized spacial score (nSPS) is 12.0. The maximum absolute atomic E-state index is 11.9. The molecule has 1 aromatic carbocycles. The number of nitrogens with zero attached hydrogens (tertiary/aromatic N) is 1. The van der Waals surface area contributed by atoms with Gasteiger partial charge in [0.25, 0.3) is 5.91 Å². The highest BCUT2D eigenvalue weighted by atomic mass is 16.6. The van der Waals surface area contributed by atoms with E-state index in [1.165, 1.54) is 19.1 Å². The summed E-state index contributed by atoms with van der Waals surface area (Å²) in [5, 5.41) is 15.6. The number of benzene rings is 1. The Balaban J connectivity index is 2.82. The molecule has 0 saturated carbocycles. The van der Waals surface area contributed by atoms with E-state index in [0.717, 1.165) is 6.07 Å². The Bertz CT molecular complexity index is 666. The van der Waals surface area contributed by atoms with Crippen molar-refractivity contribution >= 4 is 23.9 Å². The summed E-state index contributed by atoms with van der Waals surface area (Å²) in [4.78, 5) is 44.5. The van der Waals surface area contributed by atoms with Crippen molar-refractivity contribution in [2.45, 2.75) is 39.3 Å². The van der Waals surface area contributed by atoms with Gasteiger partial charge in [-0.05, 0) is 39.8 Å². The molecule has 1 rings (SSSR count). The molecule has 0 aliphatic rings. The van der Waals surface area contributed by atoms with Crippen LogP contribution in [0.4, 0.5) is 10.5 Å². The van der Waals surface area contributed by atoms with Crippen LogP contribution in [0.2, 0.25) is 0 Å². The molecule has 2 N–H and O–H groups in total. The van der Waals surface area contributed by atoms with Gasteiger partial charge in [0.2, 0.25) is 0 Å². The topological polar surface area (TPSA) is 128 Å². The maximum atomic E-state index is 11.9. The Hall–Kier alpha value is -2.97. The highest BCUT2D eigenvalue weighted by Gasteiger charge is 2.24. The van der Waals surface area contributed by atoms with E-state index in [4.69, 9.17) is 4.74 Å². The zero-order chi connectivity index (χ0) is 18.5. The van der Waals surface area contributed by atoms with Gasteiger partial charge in [0, 0.05) is 17.2 Å². The molecule has 24 heavy (non-hydrogen) atoms. The minimum Gasteiger partial charge on any atom is -0.474 e. The van der Waals surface area contributed by atoms with E-state index in [0.29, 0.717) is 6.29 Å². The number of imide groups is 1. The van der Waals surface area contributed by atoms with Crippen molar-refractivity contribution in [2.24, 2.45) is 0 Å². The molecule has 0 unspecified atom stereocenters. The fourth-order valence-electron chi connectivity index (χ4n) is 1.68. The van der Waals surface area contributed by atoms with Crippen LogP contribution in [0.1, 0.15) is 38.1 Å². The van der Waals surface area contributed by atoms with Crippen LogP contribution in [0, 0.1) is 10.1 Å². The first kappa shape index (κ1) is 19.1. The van der Waals surface area contributed by atoms with Crippen molar-refractivity contribution in [3.63, 3.8) is 0 Å². The number of rotatable bonds is 5. The SMILES string of the molecule is C[C@H](Oc1ccc(C=O)cc1[N+](=O)[O-])C(=O)NC(=O)NC(C)(C)C. The number of nitro groups is 1. The molecular formula is C15H19N3O6. The summed E-state index contributed by atoms with van der Waals surface area (Å²) in [6.07, 6.45) is -0.694. The minimum atomic E-state index is -1.16. The molecule has 1 aromatic rings. The van der Waals surface area contributed by atoms with Crippen LogP contribution in [0.15, 0.2) is 18.2 Å². The molecule has 0 fully saturated rings. The van der Waals surface area contributed by atoms with E-state index < -0.39 is 34.2 Å². The van der Waals surface area contributed by atoms with Gasteiger partial charge in [-0.25, -0.2) is 4.79 Å². The Kier molecular flexibility index (Phi) is 5.99. The lowest BCUT2D eigenvalue weighted by Gasteiger charge is -2.21. The Labute approximate surface area is 138 Å². The number of hydrogen-bond donors (Lipinski definition) is 2. The monoisotopic (exact) mass is 337 g/mol. The summed E-state index contributed by atoms with van der Waals surface area (Å²) < 4.78 is 5.25. The van der Waals surface area contributed by atoms with Gasteiger partial charge < -0.3 is 10.1 Å². The first-order chi connectivity index (χ1) is 11.0. The predicted molar refractivity (Wildman–Crippen MR) is 85.0 cm³/mol. The first-order valence-electron chi connectivity index (χ1n) is 7.07. The van der Waals surface area contributed by atoms with E-state index in [-0.39, 0.29) is 11.3 Å². The van der Waals surface area contributed by atoms with Crippen LogP contribution >= 0.6 is 0 Å². The number of amides is 3. The van der Waals surface area contributed by atoms with Crippen molar-refractivity contribution in [1.29, 1.82) is 0 Å². The van der Waals surface area contributed by atoms with Crippen LogP contribution in [0.5, 0.6) is 5.75 Å². The fraction of sp³-hybridized carbons (Fsp3) is 0.400. The van der Waals surface area contributed by atoms with E-state index in [9.17, 15) is 24.5 Å². The van der Waals surface area contributed by atoms with E-state index in [1.807, 2.05) is 0 Å². The number of carbonyl (C=O) groups excluding carboxylic acids is 3. The highest BCUT2D eigenvalue weighted by Crippen LogP contribution is 2.28. The lowest BCUT2D eigenvalue weighted by Crippen LogP contribution is -2.50. The molecule has 0 heterocycles. The number of nitro benzene ring substituents is 1. The van der Waals surface area contributed by atoms with Gasteiger partial charge in [-0.3, -0.25) is 25.0 Å². The second-order valence-electron chi connectivity index (χ2n) is 6.06. The van der Waals surface area contributed by atoms with Gasteiger partial charge in [0.1, 0.15) is 6.29 Å². The molecule has 0 aromatic heterocycles. The van der Waals surface area contributed by atoms with Crippen LogP contribution in [-0.4, -0.2) is 34.8 Å². The van der Waals surface area contributed by atoms with Crippen molar-refractivity contribution in [2.75, 3.05) is 0 Å². The molecule has 9 nitrogen and oxygen atoms in total. The number of aldehydes is 1. The third-order valence-electron chi connectivity index (χ3n) is 2.71. The molecule has 0 radical (unpaired) electrons. The summed E-state index contributed by atoms with van der Waals surface area (Å²) in [5.41, 5.74) is -0.869. The number of urea groups is 1. The van der Waals surface area contributed by atoms with E-state index >= 15 is 0 Å². The zero-order valence-corrected chi connectivity index (χ0v) is 13.8. The lowest BCUT2D eigenvalue weighted by molar-refractivity contribution is -0.386. The Morgan fingerprint density at radius 2 is 1.96 bits per heavy atom. The van der Waals surface area contributed by atoms with E-state index in [2.05, 4.69) is 10.6 Å². The van der Waals surface area contributed by atoms with Crippen LogP contribution < -0.4 is 15.4 Å². The molecule has 0 aliphatic carbocycles. The summed E-state index contributed by atoms with van der Waals surface area (Å²) in [5.74, 6) is -0.935. The van der Waals surface area contributed by atoms with Gasteiger partial charge in [-0.1, -0.05) is 0 Å². The molecule has 0 bridgehead atoms. The van der Waals surface area contributed by atoms with Crippen LogP contribution in [-0.2, 0) is 4.79 Å². The third kappa shape index (κ3) is 5.67. The second kappa shape index (κ2) is 7.53. The average Bonchev–Trinajstić information content (AvgIpc) is 2.45. The molecular weight excluding hydrogens is 318 g/mol. The summed E-state index contributed by atoms with van der Waals surface area (Å²) in [7, 11) is 0. The quantitative estimate of drug-likeness (QED) is 0.479. The van der Waals surface area contributed by atoms with Gasteiger partial charge >= 0.3 is 11.7 Å². The highest BCUT2D eigenvalue weighted by molar-refractivity contribution is 5.96. The largest absolute Gasteiger partial charge is 0.474 e. The second-order valence-corrected chi connectivity index (χ2v) is 6.06. The molecule has 9 heteroatoms. The third-order valence-corrected chi connectivity index (χ3v) is 2.71. The lowest BCUT2D eigenvalue weighted by atomic mass is 10.1. The van der Waals surface area contributed by atoms with Crippen molar-refractivity contribution in [1.82, 2.24) is 10.6 Å².